The number of hydrogen-bond acceptors (Lipinski definition) is 1. The van der Waals surface area contributed by atoms with Gasteiger partial charge in [0.2, 0.25) is 0 Å². The van der Waals surface area contributed by atoms with Gasteiger partial charge < -0.3 is 0 Å². The van der Waals surface area contributed by atoms with Gasteiger partial charge in [-0.15, -0.1) is 0 Å². The molecule has 0 unspecified atom stereocenters. The highest BCUT2D eigenvalue weighted by Gasteiger charge is 2.35. The van der Waals surface area contributed by atoms with Crippen molar-refractivity contribution in [3.63, 3.8) is 0 Å². The van der Waals surface area contributed by atoms with E-state index in [1.54, 1.807) is 0 Å². The largest absolute Gasteiger partial charge is 0.299 e. The molecule has 0 saturated heterocycles. The summed E-state index contributed by atoms with van der Waals surface area (Å²) in [5, 5.41) is 0. The number of hydrogen-bond donors (Lipinski definition) is 0. The third-order valence-electron chi connectivity index (χ3n) is 3.03. The lowest BCUT2D eigenvalue weighted by Gasteiger charge is -2.34. The van der Waals surface area contributed by atoms with Crippen molar-refractivity contribution >= 4 is 5.78 Å². The Morgan fingerprint density at radius 3 is 2.54 bits per heavy atom. The molecule has 0 aromatic heterocycles. The number of carbonyl (C=O) groups is 1. The average molecular weight is 181 g/mol. The molecule has 1 nitrogen and oxygen atoms in total. The summed E-state index contributed by atoms with van der Waals surface area (Å²) in [5.41, 5.74) is -0.0572. The van der Waals surface area contributed by atoms with Gasteiger partial charge in [0, 0.05) is 11.8 Å². The van der Waals surface area contributed by atoms with Crippen molar-refractivity contribution in [3.8, 4) is 0 Å². The standard InChI is InChI=1S/C12H21O/c1-9(2)7-10-5-6-11(13)12(3,4)8-10/h10H,5-8H2,1-4H3/t10-/m1/s1. The van der Waals surface area contributed by atoms with Crippen LogP contribution in [0, 0.1) is 17.3 Å². The molecule has 1 atom stereocenters. The van der Waals surface area contributed by atoms with Crippen molar-refractivity contribution in [2.24, 2.45) is 11.3 Å². The van der Waals surface area contributed by atoms with Crippen molar-refractivity contribution in [2.45, 2.75) is 53.4 Å². The third kappa shape index (κ3) is 2.82. The number of Topliss-reactive ketones (excluding diaryl/α,β-unsaturated/α-hetero) is 1. The topological polar surface area (TPSA) is 17.1 Å². The second kappa shape index (κ2) is 3.81. The SMILES string of the molecule is C[C](C)C[C@H]1CCC(=O)C(C)(C)C1. The van der Waals surface area contributed by atoms with Gasteiger partial charge in [0.05, 0.1) is 0 Å². The summed E-state index contributed by atoms with van der Waals surface area (Å²) < 4.78 is 0. The fourth-order valence-electron chi connectivity index (χ4n) is 2.36. The minimum Gasteiger partial charge on any atom is -0.299 e. The molecule has 13 heavy (non-hydrogen) atoms. The molecule has 0 aliphatic heterocycles. The summed E-state index contributed by atoms with van der Waals surface area (Å²) in [5.74, 6) is 2.70. The summed E-state index contributed by atoms with van der Waals surface area (Å²) in [6.45, 7) is 8.55. The van der Waals surface area contributed by atoms with Crippen LogP contribution in [0.25, 0.3) is 0 Å². The second-order valence-corrected chi connectivity index (χ2v) is 5.33. The van der Waals surface area contributed by atoms with Crippen LogP contribution < -0.4 is 0 Å². The highest BCUT2D eigenvalue weighted by Crippen LogP contribution is 2.38. The van der Waals surface area contributed by atoms with Gasteiger partial charge in [-0.05, 0) is 31.1 Å². The number of rotatable bonds is 2. The number of carbonyl (C=O) groups excluding carboxylic acids is 1. The van der Waals surface area contributed by atoms with Crippen LogP contribution in [0.3, 0.4) is 0 Å². The summed E-state index contributed by atoms with van der Waals surface area (Å²) >= 11 is 0. The molecule has 0 aromatic rings. The zero-order chi connectivity index (χ0) is 10.1. The quantitative estimate of drug-likeness (QED) is 0.638. The minimum atomic E-state index is -0.0572. The lowest BCUT2D eigenvalue weighted by atomic mass is 9.69. The minimum absolute atomic E-state index is 0.0572. The van der Waals surface area contributed by atoms with Crippen LogP contribution in [-0.2, 0) is 4.79 Å². The maximum Gasteiger partial charge on any atom is 0.138 e. The van der Waals surface area contributed by atoms with Crippen molar-refractivity contribution in [1.82, 2.24) is 0 Å². The first-order chi connectivity index (χ1) is 5.92. The van der Waals surface area contributed by atoms with Gasteiger partial charge in [-0.2, -0.15) is 0 Å². The molecule has 0 aromatic carbocycles. The van der Waals surface area contributed by atoms with Gasteiger partial charge in [-0.1, -0.05) is 27.7 Å². The lowest BCUT2D eigenvalue weighted by molar-refractivity contribution is -0.130. The fraction of sp³-hybridized carbons (Fsp3) is 0.833. The predicted octanol–water partition coefficient (Wildman–Crippen LogP) is 3.39. The van der Waals surface area contributed by atoms with Crippen LogP contribution in [-0.4, -0.2) is 5.78 Å². The molecule has 1 fully saturated rings. The van der Waals surface area contributed by atoms with Crippen LogP contribution in [0.1, 0.15) is 53.4 Å². The first kappa shape index (κ1) is 10.7. The highest BCUT2D eigenvalue weighted by atomic mass is 16.1. The van der Waals surface area contributed by atoms with Crippen LogP contribution in [0.15, 0.2) is 0 Å². The van der Waals surface area contributed by atoms with Gasteiger partial charge in [0.1, 0.15) is 5.78 Å². The summed E-state index contributed by atoms with van der Waals surface area (Å²) in [4.78, 5) is 11.5. The molecule has 1 aliphatic rings. The van der Waals surface area contributed by atoms with Crippen LogP contribution in [0.2, 0.25) is 0 Å². The molecule has 0 heterocycles. The first-order valence-electron chi connectivity index (χ1n) is 5.24. The van der Waals surface area contributed by atoms with Crippen molar-refractivity contribution in [2.75, 3.05) is 0 Å². The molecule has 1 saturated carbocycles. The zero-order valence-corrected chi connectivity index (χ0v) is 9.31. The zero-order valence-electron chi connectivity index (χ0n) is 9.31. The Hall–Kier alpha value is -0.330. The average Bonchev–Trinajstić information content (AvgIpc) is 1.95. The van der Waals surface area contributed by atoms with E-state index in [1.807, 2.05) is 0 Å². The normalized spacial score (nSPS) is 28.1. The van der Waals surface area contributed by atoms with E-state index in [0.717, 1.165) is 25.2 Å². The van der Waals surface area contributed by atoms with E-state index in [9.17, 15) is 4.79 Å². The summed E-state index contributed by atoms with van der Waals surface area (Å²) in [7, 11) is 0. The molecule has 0 N–H and O–H groups in total. The van der Waals surface area contributed by atoms with E-state index >= 15 is 0 Å². The van der Waals surface area contributed by atoms with E-state index < -0.39 is 0 Å². The smallest absolute Gasteiger partial charge is 0.138 e. The lowest BCUT2D eigenvalue weighted by Crippen LogP contribution is -2.32. The molecule has 0 amide bonds. The van der Waals surface area contributed by atoms with Crippen molar-refractivity contribution < 1.29 is 4.79 Å². The molecule has 1 heteroatoms. The fourth-order valence-corrected chi connectivity index (χ4v) is 2.36. The van der Waals surface area contributed by atoms with E-state index in [0.29, 0.717) is 5.78 Å². The molecule has 75 valence electrons. The van der Waals surface area contributed by atoms with Gasteiger partial charge >= 0.3 is 0 Å². The number of ketones is 1. The Balaban J connectivity index is 2.51. The third-order valence-corrected chi connectivity index (χ3v) is 3.03. The summed E-state index contributed by atoms with van der Waals surface area (Å²) in [6.07, 6.45) is 4.19. The van der Waals surface area contributed by atoms with Gasteiger partial charge in [-0.25, -0.2) is 0 Å². The monoisotopic (exact) mass is 181 g/mol. The van der Waals surface area contributed by atoms with Gasteiger partial charge in [0.25, 0.3) is 0 Å². The van der Waals surface area contributed by atoms with Gasteiger partial charge in [-0.3, -0.25) is 4.79 Å². The highest BCUT2D eigenvalue weighted by molar-refractivity contribution is 5.84. The van der Waals surface area contributed by atoms with E-state index in [1.165, 1.54) is 12.3 Å². The Labute approximate surface area is 81.9 Å². The Morgan fingerprint density at radius 1 is 1.46 bits per heavy atom. The predicted molar refractivity (Wildman–Crippen MR) is 55.3 cm³/mol. The van der Waals surface area contributed by atoms with Gasteiger partial charge in [0.15, 0.2) is 0 Å². The van der Waals surface area contributed by atoms with Crippen LogP contribution in [0.4, 0.5) is 0 Å². The molecule has 1 radical (unpaired) electrons. The van der Waals surface area contributed by atoms with Crippen molar-refractivity contribution in [3.05, 3.63) is 5.92 Å². The Bertz CT molecular complexity index is 191. The molecule has 0 bridgehead atoms. The van der Waals surface area contributed by atoms with Crippen LogP contribution in [0.5, 0.6) is 0 Å². The molecular weight excluding hydrogens is 160 g/mol. The van der Waals surface area contributed by atoms with Crippen LogP contribution >= 0.6 is 0 Å². The maximum atomic E-state index is 11.5. The second-order valence-electron chi connectivity index (χ2n) is 5.33. The van der Waals surface area contributed by atoms with Crippen molar-refractivity contribution in [1.29, 1.82) is 0 Å². The Kier molecular flexibility index (Phi) is 3.15. The molecule has 1 aliphatic carbocycles. The molecule has 1 rings (SSSR count). The van der Waals surface area contributed by atoms with E-state index in [2.05, 4.69) is 27.7 Å². The maximum absolute atomic E-state index is 11.5. The molecular formula is C12H21O. The Morgan fingerprint density at radius 2 is 2.08 bits per heavy atom. The first-order valence-corrected chi connectivity index (χ1v) is 5.24. The molecule has 0 spiro atoms. The summed E-state index contributed by atoms with van der Waals surface area (Å²) in [6, 6.07) is 0. The van der Waals surface area contributed by atoms with E-state index in [4.69, 9.17) is 0 Å². The van der Waals surface area contributed by atoms with E-state index in [-0.39, 0.29) is 5.41 Å².